The lowest BCUT2D eigenvalue weighted by Crippen LogP contribution is -2.04. The van der Waals surface area contributed by atoms with Crippen LogP contribution in [0.25, 0.3) is 16.8 Å². The molecular weight excluding hydrogens is 220 g/mol. The van der Waals surface area contributed by atoms with Crippen LogP contribution in [0, 0.1) is 0 Å². The number of aliphatic carboxylic acids is 1. The number of aromatic nitrogens is 4. The molecule has 0 spiro atoms. The maximum atomic E-state index is 10.8. The second-order valence-electron chi connectivity index (χ2n) is 3.87. The topological polar surface area (TPSA) is 72.4 Å². The maximum absolute atomic E-state index is 10.8. The van der Waals surface area contributed by atoms with Gasteiger partial charge in [0.2, 0.25) is 5.78 Å². The summed E-state index contributed by atoms with van der Waals surface area (Å²) in [5, 5.41) is 16.8. The van der Waals surface area contributed by atoms with Crippen molar-refractivity contribution in [1.82, 2.24) is 19.2 Å². The first-order chi connectivity index (χ1) is 8.18. The molecule has 0 aliphatic carbocycles. The lowest BCUT2D eigenvalue weighted by atomic mass is 10.3. The Morgan fingerprint density at radius 2 is 2.00 bits per heavy atom. The molecule has 0 bridgehead atoms. The van der Waals surface area contributed by atoms with Gasteiger partial charge in [-0.3, -0.25) is 9.20 Å². The van der Waals surface area contributed by atoms with E-state index in [-0.39, 0.29) is 6.42 Å². The molecule has 17 heavy (non-hydrogen) atoms. The molecule has 0 aliphatic rings. The predicted octanol–water partition coefficient (Wildman–Crippen LogP) is 0.848. The number of hydrogen-bond acceptors (Lipinski definition) is 3. The maximum Gasteiger partial charge on any atom is 0.311 e. The van der Waals surface area contributed by atoms with Crippen LogP contribution in [-0.2, 0) is 18.3 Å². The molecular formula is C11H10N4O2. The van der Waals surface area contributed by atoms with E-state index in [1.807, 2.05) is 35.9 Å². The highest BCUT2D eigenvalue weighted by Gasteiger charge is 2.15. The summed E-state index contributed by atoms with van der Waals surface area (Å²) >= 11 is 0. The van der Waals surface area contributed by atoms with Crippen LogP contribution >= 0.6 is 0 Å². The quantitative estimate of drug-likeness (QED) is 0.708. The molecule has 2 heterocycles. The van der Waals surface area contributed by atoms with Crippen molar-refractivity contribution in [3.8, 4) is 0 Å². The van der Waals surface area contributed by atoms with Crippen molar-refractivity contribution in [1.29, 1.82) is 0 Å². The zero-order valence-corrected chi connectivity index (χ0v) is 9.16. The fourth-order valence-corrected chi connectivity index (χ4v) is 2.07. The van der Waals surface area contributed by atoms with Crippen LogP contribution in [0.15, 0.2) is 24.3 Å². The molecule has 0 radical (unpaired) electrons. The van der Waals surface area contributed by atoms with E-state index >= 15 is 0 Å². The first-order valence-electron chi connectivity index (χ1n) is 5.17. The van der Waals surface area contributed by atoms with Gasteiger partial charge in [0.15, 0.2) is 0 Å². The molecule has 6 nitrogen and oxygen atoms in total. The Balaban J connectivity index is 2.40. The van der Waals surface area contributed by atoms with Gasteiger partial charge in [-0.25, -0.2) is 0 Å². The monoisotopic (exact) mass is 230 g/mol. The summed E-state index contributed by atoms with van der Waals surface area (Å²) < 4.78 is 3.68. The average Bonchev–Trinajstić information content (AvgIpc) is 2.81. The van der Waals surface area contributed by atoms with Gasteiger partial charge in [0.25, 0.3) is 0 Å². The van der Waals surface area contributed by atoms with Crippen molar-refractivity contribution in [2.45, 2.75) is 6.42 Å². The number of para-hydroxylation sites is 2. The van der Waals surface area contributed by atoms with E-state index in [0.717, 1.165) is 11.0 Å². The van der Waals surface area contributed by atoms with Gasteiger partial charge >= 0.3 is 5.97 Å². The van der Waals surface area contributed by atoms with Crippen LogP contribution in [0.2, 0.25) is 0 Å². The predicted molar refractivity (Wildman–Crippen MR) is 60.8 cm³/mol. The molecule has 0 amide bonds. The number of benzene rings is 1. The molecule has 2 aromatic heterocycles. The van der Waals surface area contributed by atoms with Gasteiger partial charge in [-0.05, 0) is 12.1 Å². The molecule has 0 fully saturated rings. The number of carboxylic acid groups (broad SMARTS) is 1. The average molecular weight is 230 g/mol. The summed E-state index contributed by atoms with van der Waals surface area (Å²) in [5.41, 5.74) is 1.93. The number of rotatable bonds is 2. The van der Waals surface area contributed by atoms with E-state index in [2.05, 4.69) is 10.2 Å². The van der Waals surface area contributed by atoms with Gasteiger partial charge in [0.1, 0.15) is 12.2 Å². The Morgan fingerprint density at radius 3 is 2.71 bits per heavy atom. The largest absolute Gasteiger partial charge is 0.481 e. The SMILES string of the molecule is Cn1c2ccccc2n2c(CC(=O)O)nnc12. The van der Waals surface area contributed by atoms with Gasteiger partial charge in [-0.1, -0.05) is 12.1 Å². The van der Waals surface area contributed by atoms with Gasteiger partial charge in [0, 0.05) is 7.05 Å². The summed E-state index contributed by atoms with van der Waals surface area (Å²) in [6, 6.07) is 7.74. The first kappa shape index (κ1) is 9.83. The molecule has 0 saturated carbocycles. The van der Waals surface area contributed by atoms with Crippen LogP contribution in [0.4, 0.5) is 0 Å². The molecule has 1 aromatic carbocycles. The minimum Gasteiger partial charge on any atom is -0.481 e. The standard InChI is InChI=1S/C11H10N4O2/c1-14-7-4-2-3-5-8(7)15-9(6-10(16)17)12-13-11(14)15/h2-5H,6H2,1H3,(H,16,17). The Bertz CT molecular complexity index is 726. The second kappa shape index (κ2) is 3.31. The Kier molecular flexibility index (Phi) is 1.91. The molecule has 3 rings (SSSR count). The van der Waals surface area contributed by atoms with E-state index in [0.29, 0.717) is 11.6 Å². The molecule has 0 saturated heterocycles. The number of fused-ring (bicyclic) bond motifs is 3. The molecule has 1 N–H and O–H groups in total. The number of imidazole rings is 1. The van der Waals surface area contributed by atoms with Crippen molar-refractivity contribution in [2.24, 2.45) is 7.05 Å². The van der Waals surface area contributed by atoms with Crippen molar-refractivity contribution >= 4 is 22.8 Å². The van der Waals surface area contributed by atoms with Crippen molar-refractivity contribution < 1.29 is 9.90 Å². The number of aryl methyl sites for hydroxylation is 1. The van der Waals surface area contributed by atoms with Gasteiger partial charge in [0.05, 0.1) is 11.0 Å². The summed E-state index contributed by atoms with van der Waals surface area (Å²) in [4.78, 5) is 10.8. The molecule has 3 aromatic rings. The van der Waals surface area contributed by atoms with Crippen molar-refractivity contribution in [3.63, 3.8) is 0 Å². The minimum absolute atomic E-state index is 0.130. The molecule has 6 heteroatoms. The number of nitrogens with zero attached hydrogens (tertiary/aromatic N) is 4. The minimum atomic E-state index is -0.910. The highest BCUT2D eigenvalue weighted by molar-refractivity contribution is 5.81. The Labute approximate surface area is 96.1 Å². The first-order valence-corrected chi connectivity index (χ1v) is 5.17. The molecule has 0 aliphatic heterocycles. The highest BCUT2D eigenvalue weighted by atomic mass is 16.4. The second-order valence-corrected chi connectivity index (χ2v) is 3.87. The number of carbonyl (C=O) groups is 1. The Hall–Kier alpha value is -2.37. The number of carboxylic acids is 1. The fraction of sp³-hybridized carbons (Fsp3) is 0.182. The summed E-state index contributed by atoms with van der Waals surface area (Å²) in [6.07, 6.45) is -0.130. The normalized spacial score (nSPS) is 11.4. The molecule has 86 valence electrons. The Morgan fingerprint density at radius 1 is 1.29 bits per heavy atom. The van der Waals surface area contributed by atoms with E-state index in [1.165, 1.54) is 0 Å². The summed E-state index contributed by atoms with van der Waals surface area (Å²) in [5.74, 6) is 0.194. The van der Waals surface area contributed by atoms with Gasteiger partial charge < -0.3 is 9.67 Å². The van der Waals surface area contributed by atoms with Crippen LogP contribution in [0.3, 0.4) is 0 Å². The van der Waals surface area contributed by atoms with Gasteiger partial charge in [-0.15, -0.1) is 10.2 Å². The molecule has 0 unspecified atom stereocenters. The van der Waals surface area contributed by atoms with Crippen molar-refractivity contribution in [3.05, 3.63) is 30.1 Å². The third-order valence-electron chi connectivity index (χ3n) is 2.81. The van der Waals surface area contributed by atoms with E-state index in [1.54, 1.807) is 4.40 Å². The van der Waals surface area contributed by atoms with Crippen LogP contribution < -0.4 is 0 Å². The van der Waals surface area contributed by atoms with Gasteiger partial charge in [-0.2, -0.15) is 0 Å². The van der Waals surface area contributed by atoms with E-state index in [9.17, 15) is 4.79 Å². The lowest BCUT2D eigenvalue weighted by Gasteiger charge is -1.94. The van der Waals surface area contributed by atoms with Crippen LogP contribution in [-0.4, -0.2) is 30.2 Å². The zero-order valence-electron chi connectivity index (χ0n) is 9.16. The van der Waals surface area contributed by atoms with E-state index in [4.69, 9.17) is 5.11 Å². The van der Waals surface area contributed by atoms with Crippen LogP contribution in [0.1, 0.15) is 5.82 Å². The number of hydrogen-bond donors (Lipinski definition) is 1. The summed E-state index contributed by atoms with van der Waals surface area (Å²) in [6.45, 7) is 0. The third kappa shape index (κ3) is 1.30. The van der Waals surface area contributed by atoms with Crippen LogP contribution in [0.5, 0.6) is 0 Å². The highest BCUT2D eigenvalue weighted by Crippen LogP contribution is 2.19. The lowest BCUT2D eigenvalue weighted by molar-refractivity contribution is -0.136. The zero-order chi connectivity index (χ0) is 12.0. The molecule has 0 atom stereocenters. The smallest absolute Gasteiger partial charge is 0.311 e. The third-order valence-corrected chi connectivity index (χ3v) is 2.81. The van der Waals surface area contributed by atoms with E-state index < -0.39 is 5.97 Å². The van der Waals surface area contributed by atoms with Crippen molar-refractivity contribution in [2.75, 3.05) is 0 Å². The fourth-order valence-electron chi connectivity index (χ4n) is 2.07. The summed E-state index contributed by atoms with van der Waals surface area (Å²) in [7, 11) is 1.89.